The Kier molecular flexibility index (Phi) is 4.48. The molecule has 3 aliphatic rings. The van der Waals surface area contributed by atoms with Crippen LogP contribution in [-0.2, 0) is 4.74 Å². The minimum atomic E-state index is 0.275. The first-order valence-corrected chi connectivity index (χ1v) is 8.63. The van der Waals surface area contributed by atoms with Crippen molar-refractivity contribution < 1.29 is 4.74 Å². The largest absolute Gasteiger partial charge is 0.375 e. The van der Waals surface area contributed by atoms with Crippen molar-refractivity contribution in [2.45, 2.75) is 82.8 Å². The summed E-state index contributed by atoms with van der Waals surface area (Å²) in [6.45, 7) is 4.65. The fourth-order valence-corrected chi connectivity index (χ4v) is 4.44. The van der Waals surface area contributed by atoms with E-state index >= 15 is 0 Å². The second-order valence-electron chi connectivity index (χ2n) is 7.46. The van der Waals surface area contributed by atoms with Crippen molar-refractivity contribution in [2.75, 3.05) is 13.2 Å². The van der Waals surface area contributed by atoms with Crippen LogP contribution < -0.4 is 5.32 Å². The first kappa shape index (κ1) is 13.9. The Morgan fingerprint density at radius 1 is 1.05 bits per heavy atom. The summed E-state index contributed by atoms with van der Waals surface area (Å²) in [4.78, 5) is 0. The number of ether oxygens (including phenoxy) is 1. The van der Waals surface area contributed by atoms with Crippen LogP contribution in [0.3, 0.4) is 0 Å². The highest BCUT2D eigenvalue weighted by molar-refractivity contribution is 4.93. The third-order valence-corrected chi connectivity index (χ3v) is 5.84. The molecule has 2 saturated carbocycles. The van der Waals surface area contributed by atoms with Crippen LogP contribution in [0.25, 0.3) is 0 Å². The number of hydrogen-bond donors (Lipinski definition) is 1. The van der Waals surface area contributed by atoms with Gasteiger partial charge in [-0.1, -0.05) is 32.6 Å². The van der Waals surface area contributed by atoms with Gasteiger partial charge < -0.3 is 10.1 Å². The maximum Gasteiger partial charge on any atom is 0.0697 e. The summed E-state index contributed by atoms with van der Waals surface area (Å²) in [5.41, 5.74) is 0.275. The Bertz CT molecular complexity index is 277. The van der Waals surface area contributed by atoms with Gasteiger partial charge in [0.2, 0.25) is 0 Å². The molecule has 0 aromatic rings. The molecule has 0 bridgehead atoms. The number of nitrogens with one attached hydrogen (secondary N) is 1. The van der Waals surface area contributed by atoms with Crippen molar-refractivity contribution in [3.05, 3.63) is 0 Å². The van der Waals surface area contributed by atoms with Crippen LogP contribution in [0.2, 0.25) is 0 Å². The van der Waals surface area contributed by atoms with Crippen LogP contribution in [0, 0.1) is 11.8 Å². The molecular weight excluding hydrogens is 234 g/mol. The molecule has 0 aromatic heterocycles. The lowest BCUT2D eigenvalue weighted by Gasteiger charge is -2.39. The van der Waals surface area contributed by atoms with Gasteiger partial charge in [0.25, 0.3) is 0 Å². The lowest BCUT2D eigenvalue weighted by molar-refractivity contribution is -0.0839. The minimum absolute atomic E-state index is 0.275. The Balaban J connectivity index is 1.42. The second kappa shape index (κ2) is 6.13. The molecule has 1 heterocycles. The summed E-state index contributed by atoms with van der Waals surface area (Å²) in [6.07, 6.45) is 13.7. The maximum atomic E-state index is 6.12. The van der Waals surface area contributed by atoms with Gasteiger partial charge in [-0.05, 0) is 56.9 Å². The minimum Gasteiger partial charge on any atom is -0.375 e. The van der Waals surface area contributed by atoms with E-state index in [4.69, 9.17) is 4.74 Å². The van der Waals surface area contributed by atoms with Crippen molar-refractivity contribution in [1.29, 1.82) is 0 Å². The number of hydrogen-bond acceptors (Lipinski definition) is 2. The van der Waals surface area contributed by atoms with Gasteiger partial charge in [0, 0.05) is 12.6 Å². The number of rotatable bonds is 3. The highest BCUT2D eigenvalue weighted by atomic mass is 16.5. The summed E-state index contributed by atoms with van der Waals surface area (Å²) in [6, 6.07) is 0.728. The van der Waals surface area contributed by atoms with Crippen LogP contribution in [0.1, 0.15) is 71.1 Å². The van der Waals surface area contributed by atoms with Crippen LogP contribution in [0.5, 0.6) is 0 Å². The van der Waals surface area contributed by atoms with E-state index in [1.54, 1.807) is 0 Å². The molecule has 0 amide bonds. The molecule has 1 aliphatic heterocycles. The van der Waals surface area contributed by atoms with Crippen molar-refractivity contribution in [3.63, 3.8) is 0 Å². The average molecular weight is 265 g/mol. The van der Waals surface area contributed by atoms with Crippen molar-refractivity contribution in [2.24, 2.45) is 11.8 Å². The van der Waals surface area contributed by atoms with Gasteiger partial charge in [0.15, 0.2) is 0 Å². The molecule has 1 unspecified atom stereocenters. The highest BCUT2D eigenvalue weighted by Gasteiger charge is 2.39. The predicted molar refractivity (Wildman–Crippen MR) is 79.3 cm³/mol. The average Bonchev–Trinajstić information content (AvgIpc) is 2.86. The molecule has 0 radical (unpaired) electrons. The van der Waals surface area contributed by atoms with E-state index in [0.29, 0.717) is 0 Å². The Morgan fingerprint density at radius 3 is 2.53 bits per heavy atom. The summed E-state index contributed by atoms with van der Waals surface area (Å²) < 4.78 is 6.12. The molecule has 3 rings (SSSR count). The van der Waals surface area contributed by atoms with E-state index < -0.39 is 0 Å². The second-order valence-corrected chi connectivity index (χ2v) is 7.46. The Labute approximate surface area is 118 Å². The summed E-state index contributed by atoms with van der Waals surface area (Å²) in [5, 5.41) is 3.88. The predicted octanol–water partition coefficient (Wildman–Crippen LogP) is 3.89. The van der Waals surface area contributed by atoms with Crippen LogP contribution in [0.4, 0.5) is 0 Å². The molecule has 3 fully saturated rings. The van der Waals surface area contributed by atoms with Crippen LogP contribution in [0.15, 0.2) is 0 Å². The molecule has 2 aliphatic carbocycles. The Morgan fingerprint density at radius 2 is 1.79 bits per heavy atom. The smallest absolute Gasteiger partial charge is 0.0697 e. The summed E-state index contributed by atoms with van der Waals surface area (Å²) in [5.74, 6) is 1.92. The van der Waals surface area contributed by atoms with Crippen molar-refractivity contribution >= 4 is 0 Å². The van der Waals surface area contributed by atoms with Crippen LogP contribution in [-0.4, -0.2) is 24.8 Å². The zero-order valence-electron chi connectivity index (χ0n) is 12.6. The molecular formula is C17H31NO. The van der Waals surface area contributed by atoms with Crippen molar-refractivity contribution in [1.82, 2.24) is 5.32 Å². The molecule has 1 N–H and O–H groups in total. The standard InChI is InChI=1S/C17H31NO/c1-14-4-6-15(7-5-14)13-18-16-8-11-19-17(12-16)9-2-3-10-17/h14-16,18H,2-13H2,1H3. The third kappa shape index (κ3) is 3.52. The van der Waals surface area contributed by atoms with E-state index in [9.17, 15) is 0 Å². The molecule has 2 nitrogen and oxygen atoms in total. The Hall–Kier alpha value is -0.0800. The first-order valence-electron chi connectivity index (χ1n) is 8.63. The fraction of sp³-hybridized carbons (Fsp3) is 1.00. The van der Waals surface area contributed by atoms with Crippen LogP contribution >= 0.6 is 0 Å². The third-order valence-electron chi connectivity index (χ3n) is 5.84. The van der Waals surface area contributed by atoms with Gasteiger partial charge >= 0.3 is 0 Å². The molecule has 1 atom stereocenters. The first-order chi connectivity index (χ1) is 9.26. The highest BCUT2D eigenvalue weighted by Crippen LogP contribution is 2.40. The summed E-state index contributed by atoms with van der Waals surface area (Å²) >= 11 is 0. The van der Waals surface area contributed by atoms with Gasteiger partial charge in [-0.15, -0.1) is 0 Å². The molecule has 110 valence electrons. The maximum absolute atomic E-state index is 6.12. The van der Waals surface area contributed by atoms with Gasteiger partial charge in [0.05, 0.1) is 5.60 Å². The molecule has 0 aromatic carbocycles. The van der Waals surface area contributed by atoms with E-state index in [0.717, 1.165) is 24.5 Å². The zero-order valence-corrected chi connectivity index (χ0v) is 12.6. The lowest BCUT2D eigenvalue weighted by atomic mass is 9.82. The van der Waals surface area contributed by atoms with Gasteiger partial charge in [-0.25, -0.2) is 0 Å². The fourth-order valence-electron chi connectivity index (χ4n) is 4.44. The SMILES string of the molecule is CC1CCC(CNC2CCOC3(CCCC3)C2)CC1. The molecule has 1 spiro atoms. The van der Waals surface area contributed by atoms with Crippen molar-refractivity contribution in [3.8, 4) is 0 Å². The van der Waals surface area contributed by atoms with Gasteiger partial charge in [-0.3, -0.25) is 0 Å². The normalized spacial score (nSPS) is 38.7. The van der Waals surface area contributed by atoms with E-state index in [1.165, 1.54) is 70.8 Å². The summed E-state index contributed by atoms with van der Waals surface area (Å²) in [7, 11) is 0. The van der Waals surface area contributed by atoms with Gasteiger partial charge in [0.1, 0.15) is 0 Å². The monoisotopic (exact) mass is 265 g/mol. The quantitative estimate of drug-likeness (QED) is 0.836. The molecule has 2 heteroatoms. The topological polar surface area (TPSA) is 21.3 Å². The van der Waals surface area contributed by atoms with Gasteiger partial charge in [-0.2, -0.15) is 0 Å². The zero-order chi connectivity index (χ0) is 13.1. The molecule has 19 heavy (non-hydrogen) atoms. The van der Waals surface area contributed by atoms with E-state index in [1.807, 2.05) is 0 Å². The molecule has 1 saturated heterocycles. The van der Waals surface area contributed by atoms with E-state index in [-0.39, 0.29) is 5.60 Å². The lowest BCUT2D eigenvalue weighted by Crippen LogP contribution is -2.46. The van der Waals surface area contributed by atoms with E-state index in [2.05, 4.69) is 12.2 Å².